The SMILES string of the molecule is COc1c(C2(C)CCCCCCC2)ccn1-c1ccnc(N(c2nccc(-n3ccc(C4(C)CCCCCCC4)c3CO)n2)c2c(C(C)C)cccc2C(C)C)n1. The first kappa shape index (κ1) is 40.7. The molecule has 1 N–H and O–H groups in total. The summed E-state index contributed by atoms with van der Waals surface area (Å²) in [7, 11) is 1.77. The molecule has 0 atom stereocenters. The number of benzene rings is 1. The van der Waals surface area contributed by atoms with Crippen LogP contribution in [-0.4, -0.2) is 41.3 Å². The second kappa shape index (κ2) is 17.6. The molecule has 57 heavy (non-hydrogen) atoms. The highest BCUT2D eigenvalue weighted by Crippen LogP contribution is 2.45. The number of hydrogen-bond donors (Lipinski definition) is 1. The number of methoxy groups -OCH3 is 1. The van der Waals surface area contributed by atoms with Crippen molar-refractivity contribution in [2.24, 2.45) is 0 Å². The standard InChI is InChI=1S/C48H65N7O2/c1-34(2)36-19-18-20-37(35(3)4)43(36)55(45-49-29-21-41(51-45)53-31-23-38(40(53)33-56)47(5)25-14-10-8-11-15-26-47)46-50-30-22-42(52-46)54-32-24-39(44(54)57-7)48(6)27-16-12-9-13-17-28-48/h18-24,29-32,34-35,56H,8-17,25-28,33H2,1-7H3. The van der Waals surface area contributed by atoms with Crippen molar-refractivity contribution >= 4 is 17.6 Å². The average molecular weight is 772 g/mol. The molecule has 1 aromatic carbocycles. The van der Waals surface area contributed by atoms with Gasteiger partial charge in [0.25, 0.3) is 0 Å². The Labute approximate surface area is 341 Å². The topological polar surface area (TPSA) is 94.1 Å². The number of aliphatic hydroxyl groups is 1. The lowest BCUT2D eigenvalue weighted by atomic mass is 9.73. The molecule has 0 aliphatic heterocycles. The van der Waals surface area contributed by atoms with Crippen LogP contribution in [0, 0.1) is 0 Å². The largest absolute Gasteiger partial charge is 0.482 e. The van der Waals surface area contributed by atoms with Crippen LogP contribution in [0.25, 0.3) is 11.6 Å². The Morgan fingerprint density at radius 1 is 0.649 bits per heavy atom. The fourth-order valence-corrected chi connectivity index (χ4v) is 9.79. The number of rotatable bonds is 11. The molecule has 0 amide bonds. The van der Waals surface area contributed by atoms with Gasteiger partial charge in [0.1, 0.15) is 11.6 Å². The van der Waals surface area contributed by atoms with Gasteiger partial charge in [-0.1, -0.05) is 124 Å². The molecule has 2 fully saturated rings. The van der Waals surface area contributed by atoms with E-state index in [1.165, 1.54) is 86.5 Å². The van der Waals surface area contributed by atoms with Crippen molar-refractivity contribution in [3.8, 4) is 17.5 Å². The highest BCUT2D eigenvalue weighted by atomic mass is 16.5. The monoisotopic (exact) mass is 772 g/mol. The quantitative estimate of drug-likeness (QED) is 0.143. The fraction of sp³-hybridized carbons (Fsp3) is 0.542. The van der Waals surface area contributed by atoms with Crippen molar-refractivity contribution in [1.82, 2.24) is 29.1 Å². The smallest absolute Gasteiger partial charge is 0.239 e. The van der Waals surface area contributed by atoms with Crippen molar-refractivity contribution in [1.29, 1.82) is 0 Å². The van der Waals surface area contributed by atoms with Gasteiger partial charge in [-0.2, -0.15) is 9.97 Å². The molecule has 0 saturated heterocycles. The van der Waals surface area contributed by atoms with Crippen LogP contribution >= 0.6 is 0 Å². The van der Waals surface area contributed by atoms with Gasteiger partial charge in [0.05, 0.1) is 25.1 Å². The van der Waals surface area contributed by atoms with E-state index in [9.17, 15) is 5.11 Å². The Morgan fingerprint density at radius 2 is 1.11 bits per heavy atom. The third-order valence-corrected chi connectivity index (χ3v) is 13.1. The molecule has 0 radical (unpaired) electrons. The molecule has 304 valence electrons. The normalized spacial score (nSPS) is 17.5. The van der Waals surface area contributed by atoms with Crippen molar-refractivity contribution in [3.05, 3.63) is 95.2 Å². The number of nitrogens with zero attached hydrogens (tertiary/aromatic N) is 7. The van der Waals surface area contributed by atoms with Crippen LogP contribution in [0.3, 0.4) is 0 Å². The van der Waals surface area contributed by atoms with E-state index in [-0.39, 0.29) is 29.3 Å². The molecule has 9 heteroatoms. The third-order valence-electron chi connectivity index (χ3n) is 13.1. The summed E-state index contributed by atoms with van der Waals surface area (Å²) in [5.74, 6) is 3.62. The van der Waals surface area contributed by atoms with E-state index in [1.54, 1.807) is 7.11 Å². The van der Waals surface area contributed by atoms with Crippen LogP contribution in [0.1, 0.15) is 171 Å². The summed E-state index contributed by atoms with van der Waals surface area (Å²) in [6.07, 6.45) is 25.0. The van der Waals surface area contributed by atoms with E-state index in [2.05, 4.69) is 93.4 Å². The van der Waals surface area contributed by atoms with Gasteiger partial charge in [0.15, 0.2) is 0 Å². The number of aliphatic hydroxyl groups excluding tert-OH is 1. The van der Waals surface area contributed by atoms with Crippen LogP contribution < -0.4 is 9.64 Å². The summed E-state index contributed by atoms with van der Waals surface area (Å²) in [6.45, 7) is 13.6. The van der Waals surface area contributed by atoms with Crippen LogP contribution in [0.4, 0.5) is 17.6 Å². The second-order valence-corrected chi connectivity index (χ2v) is 17.8. The summed E-state index contributed by atoms with van der Waals surface area (Å²) in [5, 5.41) is 11.0. The van der Waals surface area contributed by atoms with E-state index in [0.717, 1.165) is 48.8 Å². The summed E-state index contributed by atoms with van der Waals surface area (Å²) >= 11 is 0. The fourth-order valence-electron chi connectivity index (χ4n) is 9.79. The van der Waals surface area contributed by atoms with Crippen LogP contribution in [0.2, 0.25) is 0 Å². The first-order valence-corrected chi connectivity index (χ1v) is 21.8. The maximum atomic E-state index is 11.0. The Hall–Kier alpha value is -4.50. The molecule has 2 aliphatic rings. The van der Waals surface area contributed by atoms with Crippen LogP contribution in [0.15, 0.2) is 67.3 Å². The van der Waals surface area contributed by atoms with Gasteiger partial charge < -0.3 is 14.4 Å². The number of para-hydroxylation sites is 1. The highest BCUT2D eigenvalue weighted by molar-refractivity contribution is 5.75. The molecule has 0 unspecified atom stereocenters. The number of hydrogen-bond acceptors (Lipinski definition) is 7. The highest BCUT2D eigenvalue weighted by Gasteiger charge is 2.34. The molecule has 4 aromatic heterocycles. The minimum absolute atomic E-state index is 0.00853. The molecule has 0 spiro atoms. The molecule has 4 heterocycles. The molecule has 7 rings (SSSR count). The van der Waals surface area contributed by atoms with E-state index in [1.807, 2.05) is 29.4 Å². The molecule has 0 bridgehead atoms. The predicted octanol–water partition coefficient (Wildman–Crippen LogP) is 12.1. The predicted molar refractivity (Wildman–Crippen MR) is 231 cm³/mol. The summed E-state index contributed by atoms with van der Waals surface area (Å²) in [5.41, 5.74) is 6.73. The van der Waals surface area contributed by atoms with Crippen molar-refractivity contribution in [2.75, 3.05) is 12.0 Å². The zero-order chi connectivity index (χ0) is 40.2. The third kappa shape index (κ3) is 8.27. The van der Waals surface area contributed by atoms with Gasteiger partial charge in [-0.05, 0) is 89.3 Å². The van der Waals surface area contributed by atoms with E-state index in [4.69, 9.17) is 24.7 Å². The van der Waals surface area contributed by atoms with Gasteiger partial charge in [-0.3, -0.25) is 4.57 Å². The Bertz CT molecular complexity index is 1950. The molecular formula is C48H65N7O2. The van der Waals surface area contributed by atoms with Gasteiger partial charge in [0, 0.05) is 30.4 Å². The van der Waals surface area contributed by atoms with E-state index >= 15 is 0 Å². The number of aromatic nitrogens is 6. The summed E-state index contributed by atoms with van der Waals surface area (Å²) in [4.78, 5) is 22.6. The lowest BCUT2D eigenvalue weighted by molar-refractivity contribution is 0.265. The second-order valence-electron chi connectivity index (χ2n) is 17.8. The number of anilines is 3. The first-order chi connectivity index (χ1) is 27.6. The van der Waals surface area contributed by atoms with Gasteiger partial charge in [0.2, 0.25) is 17.8 Å². The lowest BCUT2D eigenvalue weighted by Crippen LogP contribution is -2.25. The first-order valence-electron chi connectivity index (χ1n) is 21.8. The molecule has 5 aromatic rings. The van der Waals surface area contributed by atoms with Crippen LogP contribution in [-0.2, 0) is 17.4 Å². The summed E-state index contributed by atoms with van der Waals surface area (Å²) in [6, 6.07) is 14.9. The minimum Gasteiger partial charge on any atom is -0.482 e. The molecule has 2 saturated carbocycles. The van der Waals surface area contributed by atoms with Gasteiger partial charge >= 0.3 is 0 Å². The molecular weight excluding hydrogens is 707 g/mol. The average Bonchev–Trinajstić information content (AvgIpc) is 3.84. The van der Waals surface area contributed by atoms with Gasteiger partial charge in [-0.25, -0.2) is 14.9 Å². The van der Waals surface area contributed by atoms with E-state index < -0.39 is 0 Å². The van der Waals surface area contributed by atoms with Crippen molar-refractivity contribution < 1.29 is 9.84 Å². The summed E-state index contributed by atoms with van der Waals surface area (Å²) < 4.78 is 10.4. The maximum absolute atomic E-state index is 11.0. The lowest BCUT2D eigenvalue weighted by Gasteiger charge is -2.32. The Balaban J connectivity index is 1.37. The molecule has 9 nitrogen and oxygen atoms in total. The molecule has 2 aliphatic carbocycles. The van der Waals surface area contributed by atoms with Crippen LogP contribution in [0.5, 0.6) is 5.88 Å². The van der Waals surface area contributed by atoms with Gasteiger partial charge in [-0.15, -0.1) is 0 Å². The number of ether oxygens (including phenoxy) is 1. The Kier molecular flexibility index (Phi) is 12.5. The zero-order valence-electron chi connectivity index (χ0n) is 35.6. The zero-order valence-corrected chi connectivity index (χ0v) is 35.6. The Morgan fingerprint density at radius 3 is 1.60 bits per heavy atom. The van der Waals surface area contributed by atoms with Crippen molar-refractivity contribution in [3.63, 3.8) is 0 Å². The van der Waals surface area contributed by atoms with E-state index in [0.29, 0.717) is 17.7 Å². The van der Waals surface area contributed by atoms with Crippen molar-refractivity contribution in [2.45, 2.75) is 161 Å². The minimum atomic E-state index is -0.0699. The maximum Gasteiger partial charge on any atom is 0.239 e.